The summed E-state index contributed by atoms with van der Waals surface area (Å²) < 4.78 is 5.41. The minimum absolute atomic E-state index is 0.193. The molecule has 1 aromatic heterocycles. The molecule has 2 amide bonds. The second-order valence-electron chi connectivity index (χ2n) is 6.13. The Kier molecular flexibility index (Phi) is 4.18. The fourth-order valence-electron chi connectivity index (χ4n) is 1.79. The summed E-state index contributed by atoms with van der Waals surface area (Å²) in [5.41, 5.74) is 1.71. The lowest BCUT2D eigenvalue weighted by Crippen LogP contribution is -2.40. The van der Waals surface area contributed by atoms with Crippen LogP contribution in [0.15, 0.2) is 22.6 Å². The van der Waals surface area contributed by atoms with Crippen LogP contribution in [0.3, 0.4) is 0 Å². The van der Waals surface area contributed by atoms with Crippen LogP contribution < -0.4 is 10.6 Å². The van der Waals surface area contributed by atoms with Gasteiger partial charge in [-0.05, 0) is 17.5 Å². The molecular weight excluding hydrogens is 270 g/mol. The molecule has 0 saturated heterocycles. The number of oxazole rings is 1. The van der Waals surface area contributed by atoms with Crippen LogP contribution >= 0.6 is 0 Å². The van der Waals surface area contributed by atoms with E-state index in [1.165, 1.54) is 0 Å². The van der Waals surface area contributed by atoms with Gasteiger partial charge in [-0.15, -0.1) is 0 Å². The van der Waals surface area contributed by atoms with E-state index < -0.39 is 6.10 Å². The highest BCUT2D eigenvalue weighted by Gasteiger charge is 2.22. The molecule has 1 unspecified atom stereocenters. The summed E-state index contributed by atoms with van der Waals surface area (Å²) >= 11 is 0. The van der Waals surface area contributed by atoms with Crippen LogP contribution in [0, 0.1) is 12.3 Å². The van der Waals surface area contributed by atoms with Gasteiger partial charge in [0.05, 0.1) is 6.10 Å². The van der Waals surface area contributed by atoms with E-state index in [2.05, 4.69) is 15.6 Å². The second-order valence-corrected chi connectivity index (χ2v) is 6.13. The number of nitrogens with one attached hydrogen (secondary N) is 2. The first-order valence-electron chi connectivity index (χ1n) is 6.86. The van der Waals surface area contributed by atoms with Crippen LogP contribution in [-0.4, -0.2) is 28.8 Å². The first-order valence-corrected chi connectivity index (χ1v) is 6.86. The van der Waals surface area contributed by atoms with Crippen molar-refractivity contribution in [3.8, 4) is 0 Å². The Bertz CT molecular complexity index is 643. The van der Waals surface area contributed by atoms with Crippen molar-refractivity contribution in [2.24, 2.45) is 5.41 Å². The van der Waals surface area contributed by atoms with Crippen LogP contribution in [0.4, 0.5) is 10.5 Å². The summed E-state index contributed by atoms with van der Waals surface area (Å²) in [5, 5.41) is 15.2. The number of anilines is 1. The van der Waals surface area contributed by atoms with Gasteiger partial charge < -0.3 is 20.2 Å². The number of aliphatic hydroxyl groups excluding tert-OH is 1. The van der Waals surface area contributed by atoms with Gasteiger partial charge >= 0.3 is 6.03 Å². The lowest BCUT2D eigenvalue weighted by molar-refractivity contribution is 0.0654. The van der Waals surface area contributed by atoms with Gasteiger partial charge in [0, 0.05) is 25.2 Å². The predicted molar refractivity (Wildman–Crippen MR) is 81.2 cm³/mol. The number of rotatable bonds is 3. The molecule has 0 radical (unpaired) electrons. The van der Waals surface area contributed by atoms with Crippen molar-refractivity contribution in [3.63, 3.8) is 0 Å². The molecular formula is C15H21N3O3. The lowest BCUT2D eigenvalue weighted by Gasteiger charge is -2.25. The van der Waals surface area contributed by atoms with E-state index in [1.54, 1.807) is 25.1 Å². The maximum atomic E-state index is 11.8. The quantitative estimate of drug-likeness (QED) is 0.811. The number of urea groups is 1. The number of benzene rings is 1. The van der Waals surface area contributed by atoms with E-state index in [0.29, 0.717) is 17.2 Å². The van der Waals surface area contributed by atoms with Crippen molar-refractivity contribution < 1.29 is 14.3 Å². The third-order valence-corrected chi connectivity index (χ3v) is 3.21. The molecule has 0 saturated carbocycles. The molecule has 6 heteroatoms. The van der Waals surface area contributed by atoms with Crippen molar-refractivity contribution in [3.05, 3.63) is 24.1 Å². The van der Waals surface area contributed by atoms with E-state index >= 15 is 0 Å². The molecule has 0 spiro atoms. The zero-order valence-electron chi connectivity index (χ0n) is 12.7. The Balaban J connectivity index is 1.95. The van der Waals surface area contributed by atoms with Crippen molar-refractivity contribution in [1.29, 1.82) is 0 Å². The van der Waals surface area contributed by atoms with E-state index in [0.717, 1.165) is 5.52 Å². The van der Waals surface area contributed by atoms with Gasteiger partial charge in [-0.3, -0.25) is 0 Å². The van der Waals surface area contributed by atoms with Crippen LogP contribution in [-0.2, 0) is 0 Å². The number of hydrogen-bond acceptors (Lipinski definition) is 4. The van der Waals surface area contributed by atoms with Crippen LogP contribution in [0.2, 0.25) is 0 Å². The first-order chi connectivity index (χ1) is 9.75. The number of hydrogen-bond donors (Lipinski definition) is 3. The largest absolute Gasteiger partial charge is 0.441 e. The third-order valence-electron chi connectivity index (χ3n) is 3.21. The number of aromatic nitrogens is 1. The average molecular weight is 291 g/mol. The van der Waals surface area contributed by atoms with Gasteiger partial charge in [-0.2, -0.15) is 0 Å². The molecule has 0 bridgehead atoms. The number of amides is 2. The van der Waals surface area contributed by atoms with E-state index in [-0.39, 0.29) is 18.0 Å². The summed E-state index contributed by atoms with van der Waals surface area (Å²) in [4.78, 5) is 16.0. The average Bonchev–Trinajstić information content (AvgIpc) is 2.74. The van der Waals surface area contributed by atoms with Crippen molar-refractivity contribution >= 4 is 22.8 Å². The maximum absolute atomic E-state index is 11.8. The predicted octanol–water partition coefficient (Wildman–Crippen LogP) is 2.66. The van der Waals surface area contributed by atoms with Crippen LogP contribution in [0.25, 0.3) is 11.1 Å². The van der Waals surface area contributed by atoms with Gasteiger partial charge in [-0.25, -0.2) is 9.78 Å². The minimum atomic E-state index is -0.609. The van der Waals surface area contributed by atoms with Crippen LogP contribution in [0.1, 0.15) is 26.7 Å². The molecule has 114 valence electrons. The van der Waals surface area contributed by atoms with Crippen molar-refractivity contribution in [2.45, 2.75) is 33.8 Å². The summed E-state index contributed by atoms with van der Waals surface area (Å²) in [6, 6.07) is 4.89. The molecule has 1 aromatic carbocycles. The topological polar surface area (TPSA) is 87.4 Å². The number of aryl methyl sites for hydroxylation is 1. The molecule has 2 rings (SSSR count). The standard InChI is InChI=1S/C15H21N3O3/c1-9-17-11-6-5-10(7-12(11)21-9)18-14(20)16-8-13(19)15(2,3)4/h5-7,13,19H,8H2,1-4H3,(H2,16,18,20). The second kappa shape index (κ2) is 5.73. The Labute approximate surface area is 123 Å². The lowest BCUT2D eigenvalue weighted by atomic mass is 9.89. The zero-order chi connectivity index (χ0) is 15.6. The smallest absolute Gasteiger partial charge is 0.319 e. The third kappa shape index (κ3) is 3.95. The summed E-state index contributed by atoms with van der Waals surface area (Å²) in [6.45, 7) is 7.71. The fraction of sp³-hybridized carbons (Fsp3) is 0.467. The van der Waals surface area contributed by atoms with Crippen molar-refractivity contribution in [1.82, 2.24) is 10.3 Å². The molecule has 1 heterocycles. The highest BCUT2D eigenvalue weighted by Crippen LogP contribution is 2.20. The Morgan fingerprint density at radius 1 is 1.43 bits per heavy atom. The molecule has 2 aromatic rings. The Hall–Kier alpha value is -2.08. The molecule has 0 fully saturated rings. The van der Waals surface area contributed by atoms with E-state index in [1.807, 2.05) is 20.8 Å². The van der Waals surface area contributed by atoms with Crippen LogP contribution in [0.5, 0.6) is 0 Å². The SMILES string of the molecule is Cc1nc2ccc(NC(=O)NCC(O)C(C)(C)C)cc2o1. The number of carbonyl (C=O) groups excluding carboxylic acids is 1. The number of fused-ring (bicyclic) bond motifs is 1. The number of carbonyl (C=O) groups is 1. The van der Waals surface area contributed by atoms with Gasteiger partial charge in [0.15, 0.2) is 11.5 Å². The molecule has 0 aliphatic rings. The summed E-state index contributed by atoms with van der Waals surface area (Å²) in [7, 11) is 0. The number of nitrogens with zero attached hydrogens (tertiary/aromatic N) is 1. The molecule has 0 aliphatic carbocycles. The fourth-order valence-corrected chi connectivity index (χ4v) is 1.79. The first kappa shape index (κ1) is 15.3. The van der Waals surface area contributed by atoms with Gasteiger partial charge in [0.1, 0.15) is 5.52 Å². The zero-order valence-corrected chi connectivity index (χ0v) is 12.7. The van der Waals surface area contributed by atoms with E-state index in [4.69, 9.17) is 4.42 Å². The summed E-state index contributed by atoms with van der Waals surface area (Å²) in [5.74, 6) is 0.583. The highest BCUT2D eigenvalue weighted by molar-refractivity contribution is 5.91. The Morgan fingerprint density at radius 2 is 2.14 bits per heavy atom. The molecule has 0 aliphatic heterocycles. The van der Waals surface area contributed by atoms with Crippen molar-refractivity contribution in [2.75, 3.05) is 11.9 Å². The monoisotopic (exact) mass is 291 g/mol. The molecule has 6 nitrogen and oxygen atoms in total. The van der Waals surface area contributed by atoms with Gasteiger partial charge in [0.25, 0.3) is 0 Å². The van der Waals surface area contributed by atoms with Gasteiger partial charge in [0.2, 0.25) is 0 Å². The highest BCUT2D eigenvalue weighted by atomic mass is 16.3. The molecule has 1 atom stereocenters. The summed E-state index contributed by atoms with van der Waals surface area (Å²) in [6.07, 6.45) is -0.609. The maximum Gasteiger partial charge on any atom is 0.319 e. The minimum Gasteiger partial charge on any atom is -0.441 e. The molecule has 3 N–H and O–H groups in total. The normalized spacial score (nSPS) is 13.2. The number of aliphatic hydroxyl groups is 1. The molecule has 21 heavy (non-hydrogen) atoms. The Morgan fingerprint density at radius 3 is 2.81 bits per heavy atom. The van der Waals surface area contributed by atoms with Gasteiger partial charge in [-0.1, -0.05) is 20.8 Å². The van der Waals surface area contributed by atoms with E-state index in [9.17, 15) is 9.90 Å².